The molecule has 0 aliphatic heterocycles. The van der Waals surface area contributed by atoms with Gasteiger partial charge in [-0.3, -0.25) is 15.0 Å². The molecule has 0 aliphatic rings. The highest BCUT2D eigenvalue weighted by Crippen LogP contribution is 2.28. The van der Waals surface area contributed by atoms with E-state index in [1.165, 1.54) is 16.8 Å². The maximum absolute atomic E-state index is 15.0. The van der Waals surface area contributed by atoms with Crippen molar-refractivity contribution in [2.75, 3.05) is 17.2 Å². The molecule has 12 heteroatoms. The monoisotopic (exact) mass is 569 g/mol. The average Bonchev–Trinajstić information content (AvgIpc) is 3.61. The van der Waals surface area contributed by atoms with Crippen LogP contribution in [0.2, 0.25) is 0 Å². The number of halogens is 1. The zero-order valence-electron chi connectivity index (χ0n) is 23.2. The summed E-state index contributed by atoms with van der Waals surface area (Å²) < 4.78 is 29.0. The van der Waals surface area contributed by atoms with Crippen LogP contribution in [0.5, 0.6) is 11.5 Å². The lowest BCUT2D eigenvalue weighted by Crippen LogP contribution is -2.22. The first-order valence-electron chi connectivity index (χ1n) is 13.2. The molecule has 0 fully saturated rings. The molecule has 11 nitrogen and oxygen atoms in total. The van der Waals surface area contributed by atoms with Gasteiger partial charge in [0.25, 0.3) is 0 Å². The molecule has 3 heterocycles. The Morgan fingerprint density at radius 1 is 0.976 bits per heavy atom. The van der Waals surface area contributed by atoms with E-state index in [0.29, 0.717) is 34.9 Å². The van der Waals surface area contributed by atoms with Gasteiger partial charge in [-0.15, -0.1) is 0 Å². The molecule has 2 aromatic carbocycles. The van der Waals surface area contributed by atoms with Gasteiger partial charge < -0.3 is 14.8 Å². The molecular formula is C30H28FN7O4. The van der Waals surface area contributed by atoms with Crippen LogP contribution in [0.15, 0.2) is 79.3 Å². The normalized spacial score (nSPS) is 10.8. The number of hydrogen-bond donors (Lipinski definition) is 2. The van der Waals surface area contributed by atoms with Gasteiger partial charge >= 0.3 is 12.0 Å². The van der Waals surface area contributed by atoms with Crippen molar-refractivity contribution < 1.29 is 23.5 Å². The number of anilines is 2. The zero-order valence-corrected chi connectivity index (χ0v) is 23.2. The van der Waals surface area contributed by atoms with Crippen LogP contribution in [0.25, 0.3) is 16.9 Å². The number of hydrogen-bond acceptors (Lipinski definition) is 7. The number of carbonyl (C=O) groups is 2. The predicted molar refractivity (Wildman–Crippen MR) is 154 cm³/mol. The van der Waals surface area contributed by atoms with Crippen LogP contribution < -0.4 is 15.4 Å². The Labute approximate surface area is 240 Å². The molecule has 0 atom stereocenters. The molecule has 0 saturated heterocycles. The highest BCUT2D eigenvalue weighted by Gasteiger charge is 2.15. The third-order valence-corrected chi connectivity index (χ3v) is 6.14. The molecular weight excluding hydrogens is 541 g/mol. The van der Waals surface area contributed by atoms with Gasteiger partial charge in [-0.1, -0.05) is 6.92 Å². The highest BCUT2D eigenvalue weighted by molar-refractivity contribution is 5.99. The molecule has 0 spiro atoms. The maximum Gasteiger partial charge on any atom is 0.338 e. The fourth-order valence-corrected chi connectivity index (χ4v) is 4.09. The van der Waals surface area contributed by atoms with Crippen molar-refractivity contribution in [3.63, 3.8) is 0 Å². The Bertz CT molecular complexity index is 1730. The minimum absolute atomic E-state index is 0.0359. The van der Waals surface area contributed by atoms with Crippen LogP contribution in [0.4, 0.5) is 20.7 Å². The summed E-state index contributed by atoms with van der Waals surface area (Å²) in [6.07, 6.45) is 5.74. The Balaban J connectivity index is 1.27. The van der Waals surface area contributed by atoms with E-state index >= 15 is 0 Å². The molecule has 0 bridgehead atoms. The fraction of sp³-hybridized carbons (Fsp3) is 0.167. The molecule has 2 amide bonds. The summed E-state index contributed by atoms with van der Waals surface area (Å²) >= 11 is 0. The van der Waals surface area contributed by atoms with Crippen LogP contribution in [-0.2, 0) is 18.2 Å². The SMILES string of the molecule is CCOC(=O)c1ccc(-n2nc(CC)cc2NC(=O)Nc2ccc(Oc3ccnc(-c4cnn(C)c4)c3)cc2F)cc1. The van der Waals surface area contributed by atoms with Gasteiger partial charge in [0, 0.05) is 43.2 Å². The largest absolute Gasteiger partial charge is 0.462 e. The lowest BCUT2D eigenvalue weighted by molar-refractivity contribution is 0.0526. The standard InChI is InChI=1S/C30H28FN7O4/c1-4-21-14-28(38(36-21)22-8-6-19(7-9-22)29(39)41-5-2)35-30(40)34-26-11-10-23(15-25(26)31)42-24-12-13-32-27(16-24)20-17-33-37(3)18-20/h6-18H,4-5H2,1-3H3,(H2,34,35,40). The number of aromatic nitrogens is 5. The molecule has 3 aromatic heterocycles. The van der Waals surface area contributed by atoms with Gasteiger partial charge in [-0.25, -0.2) is 18.7 Å². The number of rotatable bonds is 9. The Morgan fingerprint density at radius 2 is 1.76 bits per heavy atom. The van der Waals surface area contributed by atoms with Crippen molar-refractivity contribution in [3.05, 3.63) is 96.3 Å². The molecule has 2 N–H and O–H groups in total. The smallest absolute Gasteiger partial charge is 0.338 e. The molecule has 214 valence electrons. The molecule has 0 aliphatic carbocycles. The predicted octanol–water partition coefficient (Wildman–Crippen LogP) is 5.98. The summed E-state index contributed by atoms with van der Waals surface area (Å²) in [7, 11) is 1.81. The molecule has 42 heavy (non-hydrogen) atoms. The van der Waals surface area contributed by atoms with Gasteiger partial charge in [-0.2, -0.15) is 10.2 Å². The number of carbonyl (C=O) groups excluding carboxylic acids is 2. The number of pyridine rings is 1. The summed E-state index contributed by atoms with van der Waals surface area (Å²) in [6.45, 7) is 3.95. The second kappa shape index (κ2) is 12.3. The van der Waals surface area contributed by atoms with E-state index in [-0.39, 0.29) is 18.0 Å². The molecule has 5 rings (SSSR count). The second-order valence-corrected chi connectivity index (χ2v) is 9.16. The molecule has 5 aromatic rings. The van der Waals surface area contributed by atoms with Gasteiger partial charge in [0.1, 0.15) is 23.1 Å². The minimum atomic E-state index is -0.679. The molecule has 0 saturated carbocycles. The summed E-state index contributed by atoms with van der Waals surface area (Å²) in [6, 6.07) is 15.2. The van der Waals surface area contributed by atoms with Crippen LogP contribution in [0, 0.1) is 5.82 Å². The van der Waals surface area contributed by atoms with E-state index in [9.17, 15) is 14.0 Å². The fourth-order valence-electron chi connectivity index (χ4n) is 4.09. The Hall–Kier alpha value is -5.52. The van der Waals surface area contributed by atoms with Crippen LogP contribution in [-0.4, -0.2) is 43.2 Å². The van der Waals surface area contributed by atoms with Crippen LogP contribution in [0.3, 0.4) is 0 Å². The number of amides is 2. The number of ether oxygens (including phenoxy) is 2. The van der Waals surface area contributed by atoms with Crippen molar-refractivity contribution in [2.24, 2.45) is 7.05 Å². The summed E-state index contributed by atoms with van der Waals surface area (Å²) in [5, 5.41) is 13.9. The number of benzene rings is 2. The van der Waals surface area contributed by atoms with Gasteiger partial charge in [-0.05, 0) is 55.8 Å². The number of urea groups is 1. The number of nitrogens with one attached hydrogen (secondary N) is 2. The second-order valence-electron chi connectivity index (χ2n) is 9.16. The Kier molecular flexibility index (Phi) is 8.23. The zero-order chi connectivity index (χ0) is 29.6. The highest BCUT2D eigenvalue weighted by atomic mass is 19.1. The van der Waals surface area contributed by atoms with E-state index in [0.717, 1.165) is 11.3 Å². The number of nitrogens with zero attached hydrogens (tertiary/aromatic N) is 5. The van der Waals surface area contributed by atoms with E-state index in [4.69, 9.17) is 9.47 Å². The number of esters is 1. The maximum atomic E-state index is 15.0. The minimum Gasteiger partial charge on any atom is -0.462 e. The first-order valence-corrected chi connectivity index (χ1v) is 13.2. The topological polar surface area (TPSA) is 125 Å². The average molecular weight is 570 g/mol. The van der Waals surface area contributed by atoms with Gasteiger partial charge in [0.2, 0.25) is 0 Å². The van der Waals surface area contributed by atoms with E-state index in [1.54, 1.807) is 72.5 Å². The van der Waals surface area contributed by atoms with Gasteiger partial charge in [0.15, 0.2) is 0 Å². The summed E-state index contributed by atoms with van der Waals surface area (Å²) in [4.78, 5) is 29.2. The lowest BCUT2D eigenvalue weighted by atomic mass is 10.2. The van der Waals surface area contributed by atoms with Crippen molar-refractivity contribution in [3.8, 4) is 28.4 Å². The van der Waals surface area contributed by atoms with Crippen LogP contribution >= 0.6 is 0 Å². The molecule has 0 radical (unpaired) electrons. The van der Waals surface area contributed by atoms with E-state index < -0.39 is 17.8 Å². The van der Waals surface area contributed by atoms with Crippen LogP contribution in [0.1, 0.15) is 29.9 Å². The van der Waals surface area contributed by atoms with Gasteiger partial charge in [0.05, 0.1) is 41.1 Å². The van der Waals surface area contributed by atoms with Crippen molar-refractivity contribution in [1.82, 2.24) is 24.5 Å². The molecule has 0 unspecified atom stereocenters. The van der Waals surface area contributed by atoms with E-state index in [2.05, 4.69) is 25.8 Å². The summed E-state index contributed by atoms with van der Waals surface area (Å²) in [5.41, 5.74) is 3.20. The first-order chi connectivity index (χ1) is 20.3. The first kappa shape index (κ1) is 28.0. The van der Waals surface area contributed by atoms with Crippen molar-refractivity contribution in [1.29, 1.82) is 0 Å². The van der Waals surface area contributed by atoms with E-state index in [1.807, 2.05) is 20.2 Å². The summed E-state index contributed by atoms with van der Waals surface area (Å²) in [5.74, 6) is -0.0156. The third kappa shape index (κ3) is 6.44. The quantitative estimate of drug-likeness (QED) is 0.209. The van der Waals surface area contributed by atoms with Crippen molar-refractivity contribution >= 4 is 23.5 Å². The Morgan fingerprint density at radius 3 is 2.45 bits per heavy atom. The van der Waals surface area contributed by atoms with Crippen molar-refractivity contribution in [2.45, 2.75) is 20.3 Å². The lowest BCUT2D eigenvalue weighted by Gasteiger charge is -2.12. The third-order valence-electron chi connectivity index (χ3n) is 6.14. The number of aryl methyl sites for hydroxylation is 2.